The minimum atomic E-state index is -0.793. The van der Waals surface area contributed by atoms with Crippen LogP contribution in [0.4, 0.5) is 11.4 Å². The van der Waals surface area contributed by atoms with Crippen LogP contribution in [0.15, 0.2) is 119 Å². The van der Waals surface area contributed by atoms with Gasteiger partial charge in [0, 0.05) is 40.0 Å². The van der Waals surface area contributed by atoms with Crippen molar-refractivity contribution < 1.29 is 23.6 Å². The van der Waals surface area contributed by atoms with Gasteiger partial charge in [0.25, 0.3) is 11.8 Å². The average molecular weight is 851 g/mol. The molecule has 2 saturated carbocycles. The maximum absolute atomic E-state index is 14.5. The molecule has 1 unspecified atom stereocenters. The molecule has 61 heavy (non-hydrogen) atoms. The number of oxazole rings is 1. The Hall–Kier alpha value is -6.50. The fourth-order valence-electron chi connectivity index (χ4n) is 9.72. The second-order valence-electron chi connectivity index (χ2n) is 16.5. The third kappa shape index (κ3) is 6.43. The number of hydrogen-bond donors (Lipinski definition) is 2. The number of likely N-dealkylation sites (tertiary alicyclic amines) is 2. The number of nitrogens with two attached hydrogens (primary N) is 1. The van der Waals surface area contributed by atoms with Crippen LogP contribution in [0.1, 0.15) is 53.3 Å². The SMILES string of the molecule is NC(=O)[C@@H]1C[C@@H]2C[C@@H]2N1C(=O)C1c2ccccc2C=C(Cl)N1c1ccc(-c2ncc(-c3ccc(NC(=O)[C@@H]4C[C@@H]5C[C@@H]5N4C(=O)c4nc(Cl)cc5ccccc45)cc3)o2)cc1. The van der Waals surface area contributed by atoms with Gasteiger partial charge in [0.1, 0.15) is 34.1 Å². The molecule has 11 rings (SSSR count). The van der Waals surface area contributed by atoms with E-state index in [1.165, 1.54) is 0 Å². The number of carbonyl (C=O) groups is 4. The van der Waals surface area contributed by atoms with E-state index in [4.69, 9.17) is 33.4 Å². The number of carbonyl (C=O) groups excluding carboxylic acids is 4. The van der Waals surface area contributed by atoms with Gasteiger partial charge < -0.3 is 30.2 Å². The number of rotatable bonds is 8. The van der Waals surface area contributed by atoms with Crippen molar-refractivity contribution in [3.05, 3.63) is 136 Å². The first kappa shape index (κ1) is 37.5. The summed E-state index contributed by atoms with van der Waals surface area (Å²) in [6, 6.07) is 29.5. The second kappa shape index (κ2) is 14.3. The summed E-state index contributed by atoms with van der Waals surface area (Å²) in [7, 11) is 0. The topological polar surface area (TPSA) is 155 Å². The van der Waals surface area contributed by atoms with E-state index in [1.54, 1.807) is 39.1 Å². The molecule has 5 heterocycles. The van der Waals surface area contributed by atoms with Gasteiger partial charge in [0.15, 0.2) is 5.76 Å². The molecule has 4 amide bonds. The molecule has 3 aliphatic heterocycles. The normalized spacial score (nSPS) is 24.5. The summed E-state index contributed by atoms with van der Waals surface area (Å²) < 4.78 is 6.21. The van der Waals surface area contributed by atoms with E-state index in [0.717, 1.165) is 34.9 Å². The lowest BCUT2D eigenvalue weighted by molar-refractivity contribution is -0.139. The van der Waals surface area contributed by atoms with Gasteiger partial charge in [-0.15, -0.1) is 0 Å². The number of anilines is 2. The van der Waals surface area contributed by atoms with Crippen LogP contribution in [0.5, 0.6) is 0 Å². The smallest absolute Gasteiger partial charge is 0.274 e. The molecule has 6 aromatic rings. The molecular weight excluding hydrogens is 813 g/mol. The zero-order chi connectivity index (χ0) is 41.7. The first-order valence-electron chi connectivity index (χ1n) is 20.3. The zero-order valence-electron chi connectivity index (χ0n) is 32.5. The fraction of sp³-hybridized carbons (Fsp3) is 0.234. The molecule has 0 bridgehead atoms. The Balaban J connectivity index is 0.793. The van der Waals surface area contributed by atoms with Crippen LogP contribution in [-0.4, -0.2) is 67.6 Å². The lowest BCUT2D eigenvalue weighted by atomic mass is 9.93. The van der Waals surface area contributed by atoms with Crippen LogP contribution in [0.2, 0.25) is 5.15 Å². The molecule has 3 N–H and O–H groups in total. The van der Waals surface area contributed by atoms with Crippen LogP contribution >= 0.6 is 23.2 Å². The number of halogens is 2. The number of piperidine rings is 2. The molecule has 2 aromatic heterocycles. The number of pyridine rings is 1. The number of amides is 4. The molecule has 2 saturated heterocycles. The highest BCUT2D eigenvalue weighted by atomic mass is 35.5. The number of aromatic nitrogens is 2. The summed E-state index contributed by atoms with van der Waals surface area (Å²) in [6.45, 7) is 0. The number of hydrogen-bond acceptors (Lipinski definition) is 8. The zero-order valence-corrected chi connectivity index (χ0v) is 34.0. The third-order valence-electron chi connectivity index (χ3n) is 12.9. The molecule has 14 heteroatoms. The van der Waals surface area contributed by atoms with Crippen LogP contribution < -0.4 is 16.0 Å². The van der Waals surface area contributed by atoms with Gasteiger partial charge in [-0.1, -0.05) is 71.7 Å². The lowest BCUT2D eigenvalue weighted by Crippen LogP contribution is -2.51. The van der Waals surface area contributed by atoms with Crippen molar-refractivity contribution >= 4 is 75.1 Å². The highest BCUT2D eigenvalue weighted by Gasteiger charge is 2.58. The van der Waals surface area contributed by atoms with Crippen molar-refractivity contribution in [2.45, 2.75) is 55.9 Å². The number of primary amides is 1. The highest BCUT2D eigenvalue weighted by Crippen LogP contribution is 2.51. The Morgan fingerprint density at radius 1 is 0.770 bits per heavy atom. The predicted molar refractivity (Wildman–Crippen MR) is 231 cm³/mol. The number of fused-ring (bicyclic) bond motifs is 4. The van der Waals surface area contributed by atoms with Crippen molar-refractivity contribution in [2.24, 2.45) is 17.6 Å². The van der Waals surface area contributed by atoms with Crippen molar-refractivity contribution in [1.29, 1.82) is 0 Å². The Kier molecular flexibility index (Phi) is 8.80. The van der Waals surface area contributed by atoms with Crippen molar-refractivity contribution in [3.8, 4) is 22.8 Å². The summed E-state index contributed by atoms with van der Waals surface area (Å²) >= 11 is 13.3. The van der Waals surface area contributed by atoms with Crippen LogP contribution in [0, 0.1) is 11.8 Å². The fourth-order valence-corrected chi connectivity index (χ4v) is 10.2. The maximum Gasteiger partial charge on any atom is 0.274 e. The maximum atomic E-state index is 14.5. The van der Waals surface area contributed by atoms with Gasteiger partial charge in [-0.2, -0.15) is 0 Å². The number of nitrogens with zero attached hydrogens (tertiary/aromatic N) is 5. The van der Waals surface area contributed by atoms with Crippen molar-refractivity contribution in [3.63, 3.8) is 0 Å². The predicted octanol–water partition coefficient (Wildman–Crippen LogP) is 8.03. The molecule has 0 spiro atoms. The number of benzene rings is 4. The first-order valence-corrected chi connectivity index (χ1v) is 21.1. The quantitative estimate of drug-likeness (QED) is 0.115. The van der Waals surface area contributed by atoms with Gasteiger partial charge in [0.2, 0.25) is 17.7 Å². The Labute approximate surface area is 359 Å². The summed E-state index contributed by atoms with van der Waals surface area (Å²) in [6.07, 6.45) is 6.40. The van der Waals surface area contributed by atoms with Crippen molar-refractivity contribution in [2.75, 3.05) is 10.2 Å². The molecule has 0 radical (unpaired) electrons. The minimum Gasteiger partial charge on any atom is -0.436 e. The average Bonchev–Trinajstić information content (AvgIpc) is 4.03. The molecular formula is C47H37Cl2N7O5. The summed E-state index contributed by atoms with van der Waals surface area (Å²) in [4.78, 5) is 68.7. The molecule has 4 fully saturated rings. The van der Waals surface area contributed by atoms with E-state index in [0.29, 0.717) is 57.9 Å². The lowest BCUT2D eigenvalue weighted by Gasteiger charge is -2.39. The van der Waals surface area contributed by atoms with Crippen molar-refractivity contribution in [1.82, 2.24) is 19.8 Å². The van der Waals surface area contributed by atoms with Gasteiger partial charge in [-0.25, -0.2) is 9.97 Å². The summed E-state index contributed by atoms with van der Waals surface area (Å²) in [5.41, 5.74) is 10.4. The van der Waals surface area contributed by atoms with E-state index in [1.807, 2.05) is 91.0 Å². The minimum absolute atomic E-state index is 0.00267. The van der Waals surface area contributed by atoms with Gasteiger partial charge in [0.05, 0.1) is 6.20 Å². The molecule has 4 aromatic carbocycles. The largest absolute Gasteiger partial charge is 0.436 e. The Bertz CT molecular complexity index is 2840. The molecule has 2 aliphatic carbocycles. The molecule has 7 atom stereocenters. The van der Waals surface area contributed by atoms with Crippen LogP contribution in [0.3, 0.4) is 0 Å². The Morgan fingerprint density at radius 3 is 2.23 bits per heavy atom. The van der Waals surface area contributed by atoms with E-state index in [2.05, 4.69) is 15.3 Å². The summed E-state index contributed by atoms with van der Waals surface area (Å²) in [5, 5.41) is 5.13. The van der Waals surface area contributed by atoms with Crippen LogP contribution in [0.25, 0.3) is 39.6 Å². The molecule has 304 valence electrons. The standard InChI is InChI=1S/C47H37Cl2N7O5/c48-39-21-26-5-1-3-7-32(26)41(53-39)46(59)56-35-18-29(35)20-37(56)44(58)52-30-13-9-24(10-14-30)38-23-51-45(61-38)25-11-15-31(16-12-25)54-40(49)22-27-6-2-4-8-33(27)42(54)47(60)55-34-17-28(34)19-36(55)43(50)57/h1-16,21-23,28-29,34-37,42H,17-20H2,(H2,50,57)(H,52,58)/t28-,29-,34-,35-,36-,37-,42?/m0/s1. The Morgan fingerprint density at radius 2 is 1.46 bits per heavy atom. The van der Waals surface area contributed by atoms with E-state index < -0.39 is 24.0 Å². The monoisotopic (exact) mass is 849 g/mol. The van der Waals surface area contributed by atoms with Crippen LogP contribution in [-0.2, 0) is 14.4 Å². The number of nitrogens with one attached hydrogen (secondary N) is 1. The van der Waals surface area contributed by atoms with Gasteiger partial charge in [-0.3, -0.25) is 19.2 Å². The van der Waals surface area contributed by atoms with Gasteiger partial charge in [-0.05, 0) is 115 Å². The van der Waals surface area contributed by atoms with E-state index >= 15 is 0 Å². The van der Waals surface area contributed by atoms with E-state index in [-0.39, 0.29) is 46.6 Å². The van der Waals surface area contributed by atoms with E-state index in [9.17, 15) is 19.2 Å². The molecule has 5 aliphatic rings. The summed E-state index contributed by atoms with van der Waals surface area (Å²) in [5.74, 6) is 0.260. The highest BCUT2D eigenvalue weighted by molar-refractivity contribution is 6.34. The second-order valence-corrected chi connectivity index (χ2v) is 17.3. The third-order valence-corrected chi connectivity index (χ3v) is 13.3. The molecule has 12 nitrogen and oxygen atoms in total. The first-order chi connectivity index (χ1) is 29.6. The van der Waals surface area contributed by atoms with Gasteiger partial charge >= 0.3 is 0 Å².